The zero-order valence-corrected chi connectivity index (χ0v) is 28.3. The van der Waals surface area contributed by atoms with Crippen molar-refractivity contribution in [2.75, 3.05) is 16.0 Å². The van der Waals surface area contributed by atoms with Crippen molar-refractivity contribution in [2.24, 2.45) is 5.73 Å². The van der Waals surface area contributed by atoms with Crippen molar-refractivity contribution < 1.29 is 31.1 Å². The second kappa shape index (κ2) is 17.8. The Morgan fingerprint density at radius 1 is 0.860 bits per heavy atom. The van der Waals surface area contributed by atoms with E-state index in [1.807, 2.05) is 18.2 Å². The van der Waals surface area contributed by atoms with Crippen LogP contribution in [0.15, 0.2) is 90.8 Å². The molecule has 0 spiro atoms. The molecule has 0 unspecified atom stereocenters. The van der Waals surface area contributed by atoms with Crippen LogP contribution in [0.2, 0.25) is 0 Å². The predicted molar refractivity (Wildman–Crippen MR) is 184 cm³/mol. The summed E-state index contributed by atoms with van der Waals surface area (Å²) in [5.74, 6) is -0.00731. The molecular formula is C32H21BrF6N8OS2. The van der Waals surface area contributed by atoms with Crippen LogP contribution < -0.4 is 16.4 Å². The molecule has 0 saturated carbocycles. The van der Waals surface area contributed by atoms with Crippen molar-refractivity contribution in [3.63, 3.8) is 0 Å². The summed E-state index contributed by atoms with van der Waals surface area (Å²) >= 11 is 8.79. The summed E-state index contributed by atoms with van der Waals surface area (Å²) < 4.78 is 74.6. The van der Waals surface area contributed by atoms with Gasteiger partial charge in [-0.15, -0.1) is 11.3 Å². The van der Waals surface area contributed by atoms with Crippen LogP contribution in [0, 0.1) is 22.7 Å². The standard InChI is InChI=1S/C16H9F3N4S.C9H6BrNO.C7H6F3N3S/c17-16(18,19)12-5-13(8-21-7-12)22-15-23-14(9-24-15)11-3-1-2-10(4-11)6-20;10-5-9(12)8-3-1-2-7(4-8)6-11;8-7(9,10)4-1-5(3-12-2-4)13-6(11)14/h1-5,7-9H,(H,22,23);1-4H,5H2;1-3H,(H3,11,13,14). The molecule has 4 N–H and O–H groups in total. The lowest BCUT2D eigenvalue weighted by molar-refractivity contribution is -0.138. The maximum absolute atomic E-state index is 12.7. The fourth-order valence-corrected chi connectivity index (χ4v) is 4.82. The molecule has 9 nitrogen and oxygen atoms in total. The number of halogens is 7. The number of carbonyl (C=O) groups is 1. The molecule has 5 aromatic rings. The zero-order valence-electron chi connectivity index (χ0n) is 25.1. The molecule has 256 valence electrons. The number of benzene rings is 2. The average Bonchev–Trinajstić information content (AvgIpc) is 3.56. The molecule has 50 heavy (non-hydrogen) atoms. The van der Waals surface area contributed by atoms with Crippen molar-refractivity contribution in [2.45, 2.75) is 12.4 Å². The molecule has 0 radical (unpaired) electrons. The van der Waals surface area contributed by atoms with Crippen LogP contribution in [-0.4, -0.2) is 31.2 Å². The van der Waals surface area contributed by atoms with Gasteiger partial charge in [-0.25, -0.2) is 4.98 Å². The molecule has 0 fully saturated rings. The van der Waals surface area contributed by atoms with Crippen LogP contribution in [0.4, 0.5) is 42.8 Å². The van der Waals surface area contributed by atoms with E-state index in [2.05, 4.69) is 53.7 Å². The maximum Gasteiger partial charge on any atom is 0.417 e. The summed E-state index contributed by atoms with van der Waals surface area (Å²) in [6.45, 7) is 0. The number of thiazole rings is 1. The van der Waals surface area contributed by atoms with Crippen LogP contribution in [0.25, 0.3) is 11.3 Å². The molecule has 18 heteroatoms. The molecule has 0 bridgehead atoms. The number of nitrogens with one attached hydrogen (secondary N) is 2. The van der Waals surface area contributed by atoms with E-state index >= 15 is 0 Å². The molecular weight excluding hydrogens is 770 g/mol. The molecule has 5 rings (SSSR count). The molecule has 2 aromatic carbocycles. The van der Waals surface area contributed by atoms with Crippen LogP contribution in [0.3, 0.4) is 0 Å². The number of thiocarbonyl (C=S) groups is 1. The Labute approximate surface area is 298 Å². The number of nitriles is 2. The SMILES string of the molecule is N#Cc1cccc(-c2csc(Nc3cncc(C(F)(F)F)c3)n2)c1.N#Cc1cccc(C(=O)CBr)c1.NC(=S)Nc1cncc(C(F)(F)F)c1. The molecule has 0 amide bonds. The van der Waals surface area contributed by atoms with E-state index in [1.54, 1.807) is 47.8 Å². The predicted octanol–water partition coefficient (Wildman–Crippen LogP) is 8.73. The van der Waals surface area contributed by atoms with Crippen molar-refractivity contribution in [1.29, 1.82) is 10.5 Å². The lowest BCUT2D eigenvalue weighted by atomic mass is 10.1. The van der Waals surface area contributed by atoms with E-state index in [9.17, 15) is 31.1 Å². The van der Waals surface area contributed by atoms with Crippen LogP contribution in [0.1, 0.15) is 32.6 Å². The van der Waals surface area contributed by atoms with Gasteiger partial charge in [0.05, 0.1) is 69.2 Å². The summed E-state index contributed by atoms with van der Waals surface area (Å²) in [7, 11) is 0. The molecule has 0 aliphatic heterocycles. The summed E-state index contributed by atoms with van der Waals surface area (Å²) in [5.41, 5.74) is 6.75. The van der Waals surface area contributed by atoms with Gasteiger partial charge in [-0.3, -0.25) is 14.8 Å². The molecule has 3 aromatic heterocycles. The normalized spacial score (nSPS) is 10.6. The van der Waals surface area contributed by atoms with Crippen molar-refractivity contribution in [3.05, 3.63) is 119 Å². The highest BCUT2D eigenvalue weighted by molar-refractivity contribution is 9.09. The van der Waals surface area contributed by atoms with E-state index in [1.165, 1.54) is 23.7 Å². The number of pyridine rings is 2. The van der Waals surface area contributed by atoms with Crippen LogP contribution in [0.5, 0.6) is 0 Å². The number of aromatic nitrogens is 3. The van der Waals surface area contributed by atoms with E-state index < -0.39 is 23.5 Å². The number of nitrogens with two attached hydrogens (primary N) is 1. The molecule has 0 atom stereocenters. The van der Waals surface area contributed by atoms with Crippen molar-refractivity contribution >= 4 is 66.9 Å². The number of anilines is 3. The quantitative estimate of drug-likeness (QED) is 0.0659. The summed E-state index contributed by atoms with van der Waals surface area (Å²) in [6, 6.07) is 19.5. The number of carbonyl (C=O) groups excluding carboxylic acids is 1. The lowest BCUT2D eigenvalue weighted by Crippen LogP contribution is -2.19. The highest BCUT2D eigenvalue weighted by Gasteiger charge is 2.32. The third-order valence-electron chi connectivity index (χ3n) is 5.88. The fraction of sp³-hybridized carbons (Fsp3) is 0.0938. The Bertz CT molecular complexity index is 2040. The Kier molecular flexibility index (Phi) is 13.9. The minimum Gasteiger partial charge on any atom is -0.376 e. The zero-order chi connectivity index (χ0) is 36.9. The summed E-state index contributed by atoms with van der Waals surface area (Å²) in [5, 5.41) is 25.0. The minimum absolute atomic E-state index is 0.00731. The summed E-state index contributed by atoms with van der Waals surface area (Å²) in [6.07, 6.45) is -4.87. The van der Waals surface area contributed by atoms with Crippen molar-refractivity contribution in [1.82, 2.24) is 15.0 Å². The number of hydrogen-bond acceptors (Lipinski definition) is 9. The van der Waals surface area contributed by atoms with Gasteiger partial charge >= 0.3 is 12.4 Å². The Morgan fingerprint density at radius 2 is 1.42 bits per heavy atom. The van der Waals surface area contributed by atoms with Gasteiger partial charge in [-0.05, 0) is 48.6 Å². The van der Waals surface area contributed by atoms with Gasteiger partial charge < -0.3 is 16.4 Å². The van der Waals surface area contributed by atoms with Crippen molar-refractivity contribution in [3.8, 4) is 23.4 Å². The average molecular weight is 792 g/mol. The van der Waals surface area contributed by atoms with Gasteiger partial charge in [0.2, 0.25) is 0 Å². The number of Topliss-reactive ketones (excluding diaryl/α,β-unsaturated/α-hetero) is 1. The third kappa shape index (κ3) is 12.2. The highest BCUT2D eigenvalue weighted by atomic mass is 79.9. The largest absolute Gasteiger partial charge is 0.417 e. The lowest BCUT2D eigenvalue weighted by Gasteiger charge is -2.08. The molecule has 3 heterocycles. The molecule has 0 saturated heterocycles. The Hall–Kier alpha value is -5.43. The van der Waals surface area contributed by atoms with Gasteiger partial charge in [0, 0.05) is 28.9 Å². The first-order valence-corrected chi connectivity index (χ1v) is 16.0. The van der Waals surface area contributed by atoms with Gasteiger partial charge in [0.1, 0.15) is 0 Å². The van der Waals surface area contributed by atoms with E-state index in [0.29, 0.717) is 32.8 Å². The first-order valence-electron chi connectivity index (χ1n) is 13.6. The smallest absolute Gasteiger partial charge is 0.376 e. The van der Waals surface area contributed by atoms with E-state index in [4.69, 9.17) is 16.3 Å². The Morgan fingerprint density at radius 3 is 1.98 bits per heavy atom. The van der Waals surface area contributed by atoms with Gasteiger partial charge in [0.15, 0.2) is 16.0 Å². The van der Waals surface area contributed by atoms with E-state index in [0.717, 1.165) is 30.1 Å². The second-order valence-electron chi connectivity index (χ2n) is 9.51. The molecule has 0 aliphatic rings. The second-order valence-corrected chi connectivity index (χ2v) is 11.4. The van der Waals surface area contributed by atoms with Crippen LogP contribution in [-0.2, 0) is 12.4 Å². The van der Waals surface area contributed by atoms with Gasteiger partial charge in [-0.2, -0.15) is 36.9 Å². The van der Waals surface area contributed by atoms with Crippen LogP contribution >= 0.6 is 39.5 Å². The number of nitrogens with zero attached hydrogens (tertiary/aromatic N) is 5. The Balaban J connectivity index is 0.000000222. The topological polar surface area (TPSA) is 153 Å². The number of alkyl halides is 7. The number of hydrogen-bond donors (Lipinski definition) is 3. The highest BCUT2D eigenvalue weighted by Crippen LogP contribution is 2.32. The monoisotopic (exact) mass is 790 g/mol. The first kappa shape index (κ1) is 39.0. The van der Waals surface area contributed by atoms with Gasteiger partial charge in [0.25, 0.3) is 0 Å². The first-order chi connectivity index (χ1) is 23.6. The van der Waals surface area contributed by atoms with E-state index in [-0.39, 0.29) is 22.3 Å². The van der Waals surface area contributed by atoms with Gasteiger partial charge in [-0.1, -0.05) is 40.2 Å². The number of rotatable bonds is 6. The number of ketones is 1. The third-order valence-corrected chi connectivity index (χ3v) is 7.25. The minimum atomic E-state index is -4.45. The molecule has 0 aliphatic carbocycles. The maximum atomic E-state index is 12.7. The fourth-order valence-electron chi connectivity index (χ4n) is 3.64. The summed E-state index contributed by atoms with van der Waals surface area (Å²) in [4.78, 5) is 22.5.